The molecule has 148 heavy (non-hydrogen) atoms. The van der Waals surface area contributed by atoms with Crippen LogP contribution in [0.5, 0.6) is 28.7 Å². The molecule has 15 aromatic rings. The molecular formula is C109H115F4N15O15S5. The van der Waals surface area contributed by atoms with Gasteiger partial charge in [-0.1, -0.05) is 67.6 Å². The number of sulfonamides is 5. The van der Waals surface area contributed by atoms with Gasteiger partial charge in [-0.3, -0.25) is 21.5 Å². The molecule has 0 bridgehead atoms. The summed E-state index contributed by atoms with van der Waals surface area (Å²) in [4.78, 5) is 0. The van der Waals surface area contributed by atoms with Crippen molar-refractivity contribution >= 4 is 133 Å². The highest BCUT2D eigenvalue weighted by atomic mass is 32.2. The minimum atomic E-state index is -3.39. The maximum absolute atomic E-state index is 12.7. The molecule has 2 aliphatic carbocycles. The molecule has 2 aliphatic rings. The maximum atomic E-state index is 12.7. The molecule has 17 rings (SSSR count). The maximum Gasteiger partial charge on any atom is 0.387 e. The summed E-state index contributed by atoms with van der Waals surface area (Å²) in [6, 6.07) is 73.5. The molecule has 774 valence electrons. The molecule has 5 aromatic heterocycles. The topological polar surface area (TPSA) is 377 Å². The summed E-state index contributed by atoms with van der Waals surface area (Å²) in [6.07, 6.45) is 6.73. The molecule has 0 atom stereocenters. The van der Waals surface area contributed by atoms with Crippen LogP contribution < -0.4 is 45.2 Å². The Kier molecular flexibility index (Phi) is 34.1. The third kappa shape index (κ3) is 23.4. The molecule has 0 unspecified atom stereocenters. The van der Waals surface area contributed by atoms with E-state index in [-0.39, 0.29) is 40.6 Å². The van der Waals surface area contributed by atoms with E-state index < -0.39 is 63.3 Å². The molecule has 2 fully saturated rings. The lowest BCUT2D eigenvalue weighted by atomic mass is 10.1. The molecule has 39 heteroatoms. The van der Waals surface area contributed by atoms with Crippen LogP contribution in [0.3, 0.4) is 0 Å². The van der Waals surface area contributed by atoms with Gasteiger partial charge in [0.25, 0.3) is 0 Å². The Hall–Kier alpha value is -15.2. The summed E-state index contributed by atoms with van der Waals surface area (Å²) in [6.45, 7) is 8.91. The monoisotopic (exact) mass is 2110 g/mol. The van der Waals surface area contributed by atoms with E-state index in [1.807, 2.05) is 102 Å². The zero-order valence-corrected chi connectivity index (χ0v) is 89.0. The van der Waals surface area contributed by atoms with Crippen LogP contribution in [0.2, 0.25) is 0 Å². The number of hydrogen-bond acceptors (Lipinski definition) is 20. The molecule has 0 saturated heterocycles. The number of alkyl halides is 4. The highest BCUT2D eigenvalue weighted by molar-refractivity contribution is 7.93. The van der Waals surface area contributed by atoms with Crippen molar-refractivity contribution in [3.63, 3.8) is 0 Å². The molecule has 0 spiro atoms. The number of aryl methyl sites for hydroxylation is 2. The van der Waals surface area contributed by atoms with Gasteiger partial charge >= 0.3 is 13.2 Å². The Morgan fingerprint density at radius 2 is 0.581 bits per heavy atom. The quantitative estimate of drug-likeness (QED) is 0.0345. The van der Waals surface area contributed by atoms with E-state index >= 15 is 0 Å². The number of fused-ring (bicyclic) bond motifs is 5. The third-order valence-corrected chi connectivity index (χ3v) is 34.7. The smallest absolute Gasteiger partial charge is 0.387 e. The van der Waals surface area contributed by atoms with E-state index in [1.54, 1.807) is 172 Å². The van der Waals surface area contributed by atoms with Gasteiger partial charge in [0, 0.05) is 125 Å². The Bertz CT molecular complexity index is 8320. The van der Waals surface area contributed by atoms with Gasteiger partial charge < -0.3 is 46.5 Å². The molecule has 0 amide bonds. The molecule has 10 aromatic carbocycles. The van der Waals surface area contributed by atoms with Crippen molar-refractivity contribution in [2.24, 2.45) is 18.9 Å². The molecule has 0 aliphatic heterocycles. The summed E-state index contributed by atoms with van der Waals surface area (Å²) >= 11 is 0. The standard InChI is InChI=1S/C23H25N3O3S.C22H23F2N3O3S.C22H23N3O3S.C22H25N3O3S.C20H19F2N3O3S/c1-4-30(27,28)25(2)18-9-7-17(8-10-18)23-21(14-24)20-12-11-19(29-3)13-22(20)26(23)15-16-5-6-16;1-4-12-27-20-13-17(30-22(23)24)10-11-18(20)19(14-25)21(27)15-6-8-16(9-7-15)26(3)31(28,29)5-2;1-24(29(3,26)27)17-8-6-16(7-9-17)22-20(13-23)19-11-10-18(28-2)12-21(19)25(22)14-15-4-5-15;1-6-29(26,27)24(4)17-9-7-16(8-10-17)22-20(14-23)19-12-11-18(28-5)13-21(19)25(22)15(2)3;1-4-29(26,27)25(3)14-7-5-13(6-8-14)19-17(12-23)16-10-9-15(28-20(21)22)11-18(16)24(19)2/h7-13,16H,4-6,15H2,1-3H3;6-11,13,22H,4-5,12H2,1-3H3;6-12,15H,4-5,14H2,1-3H3;7-13,15H,6H2,1-5H3;5-11,20H,4H2,1-3H3. The second-order valence-electron chi connectivity index (χ2n) is 35.7. The van der Waals surface area contributed by atoms with E-state index in [0.29, 0.717) is 113 Å². The van der Waals surface area contributed by atoms with Gasteiger partial charge in [0.1, 0.15) is 59.1 Å². The Balaban J connectivity index is 0.000000154. The number of nitriles is 5. The van der Waals surface area contributed by atoms with Crippen LogP contribution in [0.25, 0.3) is 111 Å². The van der Waals surface area contributed by atoms with Crippen LogP contribution in [0.4, 0.5) is 46.0 Å². The largest absolute Gasteiger partial charge is 0.497 e. The molecular weight excluding hydrogens is 2000 g/mol. The lowest BCUT2D eigenvalue weighted by molar-refractivity contribution is -0.0504. The van der Waals surface area contributed by atoms with Gasteiger partial charge in [0.2, 0.25) is 50.1 Å². The van der Waals surface area contributed by atoms with E-state index in [2.05, 4.69) is 67.4 Å². The van der Waals surface area contributed by atoms with Gasteiger partial charge in [-0.15, -0.1) is 0 Å². The average molecular weight is 2110 g/mol. The second kappa shape index (κ2) is 45.8. The average Bonchev–Trinajstić information content (AvgIpc) is 1.61. The molecule has 5 heterocycles. The number of anilines is 5. The first-order chi connectivity index (χ1) is 70.4. The number of hydrogen-bond donors (Lipinski definition) is 0. The molecule has 0 N–H and O–H groups in total. The summed E-state index contributed by atoms with van der Waals surface area (Å²) in [7, 11) is -2.52. The first-order valence-corrected chi connectivity index (χ1v) is 55.8. The first-order valence-electron chi connectivity index (χ1n) is 47.5. The number of halogens is 4. The zero-order valence-electron chi connectivity index (χ0n) is 85.0. The Labute approximate surface area is 860 Å². The summed E-state index contributed by atoms with van der Waals surface area (Å²) in [5, 5.41) is 53.3. The van der Waals surface area contributed by atoms with Crippen molar-refractivity contribution in [2.45, 2.75) is 119 Å². The Morgan fingerprint density at radius 1 is 0.338 bits per heavy atom. The first kappa shape index (κ1) is 110. The molecule has 30 nitrogen and oxygen atoms in total. The SMILES string of the molecule is CCCn1c(-c2ccc(N(C)S(=O)(=O)CC)cc2)c(C#N)c2ccc(OC(F)F)cc21.CCS(=O)(=O)N(C)c1ccc(-c2c(C#N)c3ccc(OC(F)F)cc3n2C)cc1.CCS(=O)(=O)N(C)c1ccc(-c2c(C#N)c3ccc(OC)cc3n2C(C)C)cc1.CCS(=O)(=O)N(C)c1ccc(-c2c(C#N)c3ccc(OC)cc3n2CC2CC2)cc1.COc1ccc2c(C#N)c(-c3ccc(N(C)S(C)(=O)=O)cc3)n(CC3CC3)c2c1. The fourth-order valence-corrected chi connectivity index (χ4v) is 21.6. The van der Waals surface area contributed by atoms with Crippen LogP contribution in [0.1, 0.15) is 114 Å². The number of methoxy groups -OCH3 is 3. The number of rotatable bonds is 33. The van der Waals surface area contributed by atoms with Gasteiger partial charge in [-0.05, 0) is 235 Å². The van der Waals surface area contributed by atoms with Crippen molar-refractivity contribution in [3.05, 3.63) is 240 Å². The fourth-order valence-electron chi connectivity index (χ4n) is 17.8. The predicted molar refractivity (Wildman–Crippen MR) is 575 cm³/mol. The fraction of sp³-hybridized carbons (Fsp3) is 0.312. The van der Waals surface area contributed by atoms with Crippen molar-refractivity contribution in [1.29, 1.82) is 26.3 Å². The van der Waals surface area contributed by atoms with Crippen molar-refractivity contribution < 1.29 is 83.3 Å². The van der Waals surface area contributed by atoms with Gasteiger partial charge in [0.05, 0.1) is 163 Å². The van der Waals surface area contributed by atoms with Crippen LogP contribution in [0, 0.1) is 68.5 Å². The van der Waals surface area contributed by atoms with E-state index in [1.165, 1.54) is 98.9 Å². The lowest BCUT2D eigenvalue weighted by Crippen LogP contribution is -2.27. The third-order valence-electron chi connectivity index (χ3n) is 26.4. The van der Waals surface area contributed by atoms with Crippen LogP contribution >= 0.6 is 0 Å². The van der Waals surface area contributed by atoms with Gasteiger partial charge in [-0.2, -0.15) is 43.9 Å². The number of ether oxygens (including phenoxy) is 5. The Morgan fingerprint density at radius 3 is 0.858 bits per heavy atom. The number of nitrogens with zero attached hydrogens (tertiary/aromatic N) is 15. The minimum absolute atomic E-state index is 0.00545. The highest BCUT2D eigenvalue weighted by Crippen LogP contribution is 2.46. The van der Waals surface area contributed by atoms with Gasteiger partial charge in [-0.25, -0.2) is 42.1 Å². The summed E-state index contributed by atoms with van der Waals surface area (Å²) < 4.78 is 213. The van der Waals surface area contributed by atoms with E-state index in [9.17, 15) is 86.0 Å². The van der Waals surface area contributed by atoms with Crippen molar-refractivity contribution in [2.75, 3.05) is 107 Å². The van der Waals surface area contributed by atoms with Crippen molar-refractivity contribution in [3.8, 4) is 115 Å². The van der Waals surface area contributed by atoms with E-state index in [0.717, 1.165) is 109 Å². The zero-order chi connectivity index (χ0) is 108. The predicted octanol–water partition coefficient (Wildman–Crippen LogP) is 22.0. The lowest BCUT2D eigenvalue weighted by Gasteiger charge is -2.19. The van der Waals surface area contributed by atoms with E-state index in [4.69, 9.17) is 14.2 Å². The van der Waals surface area contributed by atoms with Crippen molar-refractivity contribution in [1.82, 2.24) is 22.8 Å². The molecule has 0 radical (unpaired) electrons. The normalized spacial score (nSPS) is 12.6. The number of aromatic nitrogens is 5. The van der Waals surface area contributed by atoms with Gasteiger partial charge in [0.15, 0.2) is 0 Å². The van der Waals surface area contributed by atoms with Crippen LogP contribution in [0.15, 0.2) is 212 Å². The summed E-state index contributed by atoms with van der Waals surface area (Å²) in [5.74, 6) is 3.57. The second-order valence-corrected chi connectivity index (χ2v) is 46.8. The highest BCUT2D eigenvalue weighted by Gasteiger charge is 2.33. The van der Waals surface area contributed by atoms with Crippen LogP contribution in [-0.2, 0) is 76.8 Å². The summed E-state index contributed by atoms with van der Waals surface area (Å²) in [5.41, 5.74) is 17.5. The minimum Gasteiger partial charge on any atom is -0.497 e. The molecule has 2 saturated carbocycles. The van der Waals surface area contributed by atoms with Crippen LogP contribution in [-0.4, -0.2) is 164 Å². The number of benzene rings is 10.